The Hall–Kier alpha value is -2.59. The van der Waals surface area contributed by atoms with E-state index in [1.54, 1.807) is 0 Å². The van der Waals surface area contributed by atoms with E-state index in [-0.39, 0.29) is 19.4 Å². The summed E-state index contributed by atoms with van der Waals surface area (Å²) in [5.74, 6) is -0.985. The molecule has 0 aliphatic rings. The number of rotatable bonds is 32. The van der Waals surface area contributed by atoms with Crippen LogP contribution in [-0.4, -0.2) is 65.7 Å². The van der Waals surface area contributed by atoms with Crippen LogP contribution in [0, 0.1) is 0 Å². The molecule has 11 heteroatoms. The van der Waals surface area contributed by atoms with Crippen LogP contribution in [0.1, 0.15) is 117 Å². The molecule has 0 aromatic heterocycles. The van der Waals surface area contributed by atoms with Crippen molar-refractivity contribution < 1.29 is 47.8 Å². The molecule has 0 heterocycles. The van der Waals surface area contributed by atoms with Crippen molar-refractivity contribution in [3.8, 4) is 0 Å². The van der Waals surface area contributed by atoms with Crippen LogP contribution in [0.3, 0.4) is 0 Å². The fourth-order valence-corrected chi connectivity index (χ4v) is 5.02. The average Bonchev–Trinajstić information content (AvgIpc) is 3.09. The summed E-state index contributed by atoms with van der Waals surface area (Å²) in [6.07, 6.45) is 35.9. The van der Waals surface area contributed by atoms with Gasteiger partial charge in [-0.1, -0.05) is 125 Å². The van der Waals surface area contributed by atoms with Gasteiger partial charge < -0.3 is 24.6 Å². The highest BCUT2D eigenvalue weighted by molar-refractivity contribution is 7.47. The third-order valence-electron chi connectivity index (χ3n) is 6.98. The summed E-state index contributed by atoms with van der Waals surface area (Å²) in [4.78, 5) is 34.7. The van der Waals surface area contributed by atoms with Gasteiger partial charge in [0.25, 0.3) is 0 Å². The number of unbranched alkanes of at least 4 members (excludes halogenated alkanes) is 10. The molecule has 0 saturated carbocycles. The molecule has 0 amide bonds. The Morgan fingerprint density at radius 1 is 0.612 bits per heavy atom. The maximum atomic E-state index is 12.5. The van der Waals surface area contributed by atoms with Crippen molar-refractivity contribution in [1.82, 2.24) is 0 Å². The van der Waals surface area contributed by atoms with Crippen LogP contribution in [-0.2, 0) is 32.7 Å². The van der Waals surface area contributed by atoms with Gasteiger partial charge in [-0.2, -0.15) is 0 Å². The monoisotopic (exact) mass is 710 g/mol. The number of allylic oxidation sites excluding steroid dienone is 12. The number of carbonyl (C=O) groups excluding carboxylic acids is 2. The molecule has 0 rings (SSSR count). The molecule has 0 saturated heterocycles. The largest absolute Gasteiger partial charge is 0.472 e. The smallest absolute Gasteiger partial charge is 0.462 e. The van der Waals surface area contributed by atoms with Crippen molar-refractivity contribution in [3.63, 3.8) is 0 Å². The number of hydrogen-bond donors (Lipinski definition) is 3. The molecule has 0 aromatic carbocycles. The van der Waals surface area contributed by atoms with Crippen LogP contribution in [0.15, 0.2) is 72.9 Å². The van der Waals surface area contributed by atoms with Crippen LogP contribution >= 0.6 is 7.82 Å². The number of esters is 2. The van der Waals surface area contributed by atoms with Gasteiger partial charge in [-0.05, 0) is 51.4 Å². The minimum Gasteiger partial charge on any atom is -0.462 e. The third-order valence-corrected chi connectivity index (χ3v) is 7.93. The Morgan fingerprint density at radius 3 is 1.57 bits per heavy atom. The normalized spacial score (nSPS) is 15.0. The highest BCUT2D eigenvalue weighted by Crippen LogP contribution is 2.43. The van der Waals surface area contributed by atoms with Crippen molar-refractivity contribution in [1.29, 1.82) is 0 Å². The van der Waals surface area contributed by atoms with Gasteiger partial charge in [0.05, 0.1) is 19.8 Å². The Bertz CT molecular complexity index is 1050. The number of phosphoric ester groups is 1. The van der Waals surface area contributed by atoms with Crippen molar-refractivity contribution >= 4 is 19.8 Å². The van der Waals surface area contributed by atoms with Crippen molar-refractivity contribution in [3.05, 3.63) is 72.9 Å². The van der Waals surface area contributed by atoms with Crippen LogP contribution in [0.25, 0.3) is 0 Å². The predicted molar refractivity (Wildman–Crippen MR) is 196 cm³/mol. The molecule has 0 fully saturated rings. The van der Waals surface area contributed by atoms with Crippen LogP contribution < -0.4 is 0 Å². The molecule has 49 heavy (non-hydrogen) atoms. The van der Waals surface area contributed by atoms with E-state index in [0.717, 1.165) is 77.0 Å². The second kappa shape index (κ2) is 33.9. The van der Waals surface area contributed by atoms with Crippen LogP contribution in [0.5, 0.6) is 0 Å². The van der Waals surface area contributed by atoms with E-state index in [1.165, 1.54) is 0 Å². The number of carbonyl (C=O) groups is 2. The summed E-state index contributed by atoms with van der Waals surface area (Å²) in [7, 11) is -4.62. The van der Waals surface area contributed by atoms with Gasteiger partial charge in [0.15, 0.2) is 6.10 Å². The molecule has 3 atom stereocenters. The molecule has 280 valence electrons. The summed E-state index contributed by atoms with van der Waals surface area (Å²) in [5, 5.41) is 18.2. The van der Waals surface area contributed by atoms with Gasteiger partial charge in [-0.25, -0.2) is 4.57 Å². The zero-order valence-corrected chi connectivity index (χ0v) is 30.8. The molecule has 0 aliphatic carbocycles. The van der Waals surface area contributed by atoms with E-state index < -0.39 is 51.8 Å². The SMILES string of the molecule is CC/C=C/C=C/C=C/CCCCCCCC(=O)OCC(COP(=O)(O)OC[C@@H](O)CO)OC(=O)CCCCCCC/C=C/C=C/C=C/CC. The lowest BCUT2D eigenvalue weighted by Gasteiger charge is -2.20. The minimum atomic E-state index is -4.62. The lowest BCUT2D eigenvalue weighted by Crippen LogP contribution is -2.29. The number of aliphatic hydroxyl groups excluding tert-OH is 2. The van der Waals surface area contributed by atoms with Crippen molar-refractivity contribution in [2.75, 3.05) is 26.4 Å². The molecular weight excluding hydrogens is 647 g/mol. The minimum absolute atomic E-state index is 0.152. The van der Waals surface area contributed by atoms with E-state index in [4.69, 9.17) is 19.1 Å². The first-order valence-electron chi connectivity index (χ1n) is 18.0. The number of hydrogen-bond acceptors (Lipinski definition) is 9. The van der Waals surface area contributed by atoms with E-state index in [2.05, 4.69) is 48.8 Å². The summed E-state index contributed by atoms with van der Waals surface area (Å²) in [5.41, 5.74) is 0. The molecule has 0 aromatic rings. The quantitative estimate of drug-likeness (QED) is 0.0268. The molecule has 0 aliphatic heterocycles. The van der Waals surface area contributed by atoms with Crippen LogP contribution in [0.2, 0.25) is 0 Å². The molecule has 0 radical (unpaired) electrons. The average molecular weight is 711 g/mol. The molecular formula is C38H63O10P. The maximum Gasteiger partial charge on any atom is 0.472 e. The predicted octanol–water partition coefficient (Wildman–Crippen LogP) is 8.55. The summed E-state index contributed by atoms with van der Waals surface area (Å²) >= 11 is 0. The van der Waals surface area contributed by atoms with Crippen molar-refractivity contribution in [2.45, 2.75) is 129 Å². The Balaban J connectivity index is 4.49. The zero-order chi connectivity index (χ0) is 36.3. The Labute approximate surface area is 295 Å². The number of phosphoric acid groups is 1. The second-order valence-electron chi connectivity index (χ2n) is 11.6. The molecule has 3 N–H and O–H groups in total. The highest BCUT2D eigenvalue weighted by Gasteiger charge is 2.27. The number of aliphatic hydroxyl groups is 2. The van der Waals surface area contributed by atoms with Gasteiger partial charge in [-0.15, -0.1) is 0 Å². The summed E-state index contributed by atoms with van der Waals surface area (Å²) in [6.45, 7) is 2.02. The topological polar surface area (TPSA) is 149 Å². The lowest BCUT2D eigenvalue weighted by molar-refractivity contribution is -0.161. The van der Waals surface area contributed by atoms with Gasteiger partial charge in [0.2, 0.25) is 0 Å². The second-order valence-corrected chi connectivity index (χ2v) is 13.1. The summed E-state index contributed by atoms with van der Waals surface area (Å²) in [6, 6.07) is 0. The first kappa shape index (κ1) is 46.4. The van der Waals surface area contributed by atoms with Gasteiger partial charge >= 0.3 is 19.8 Å². The molecule has 0 bridgehead atoms. The number of ether oxygens (including phenoxy) is 2. The first-order valence-corrected chi connectivity index (χ1v) is 19.5. The van der Waals surface area contributed by atoms with E-state index >= 15 is 0 Å². The van der Waals surface area contributed by atoms with E-state index in [9.17, 15) is 24.2 Å². The van der Waals surface area contributed by atoms with E-state index in [0.29, 0.717) is 12.8 Å². The highest BCUT2D eigenvalue weighted by atomic mass is 31.2. The Kier molecular flexibility index (Phi) is 32.1. The maximum absolute atomic E-state index is 12.5. The Morgan fingerprint density at radius 2 is 1.06 bits per heavy atom. The van der Waals surface area contributed by atoms with Gasteiger partial charge in [-0.3, -0.25) is 18.6 Å². The van der Waals surface area contributed by atoms with E-state index in [1.807, 2.05) is 42.5 Å². The fraction of sp³-hybridized carbons (Fsp3) is 0.632. The molecule has 2 unspecified atom stereocenters. The fourth-order valence-electron chi connectivity index (χ4n) is 4.23. The van der Waals surface area contributed by atoms with Crippen molar-refractivity contribution in [2.24, 2.45) is 0 Å². The first-order chi connectivity index (χ1) is 23.7. The molecule has 0 spiro atoms. The standard InChI is InChI=1S/C38H63O10P/c1-3-5-7-9-11-13-15-17-19-21-23-25-27-29-37(41)45-33-36(34-47-49(43,44)46-32-35(40)31-39)48-38(42)30-28-26-24-22-20-18-16-14-12-10-8-6-4-2/h5-16,35-36,39-40H,3-4,17-34H2,1-2H3,(H,43,44)/b7-5+,8-6+,11-9+,12-10+,15-13+,16-14+/t35-,36?/m0/s1. The third kappa shape index (κ3) is 33.7. The zero-order valence-electron chi connectivity index (χ0n) is 29.9. The van der Waals surface area contributed by atoms with Gasteiger partial charge in [0.1, 0.15) is 12.7 Å². The lowest BCUT2D eigenvalue weighted by atomic mass is 10.1. The molecule has 10 nitrogen and oxygen atoms in total. The summed E-state index contributed by atoms with van der Waals surface area (Å²) < 4.78 is 32.5. The van der Waals surface area contributed by atoms with Crippen LogP contribution in [0.4, 0.5) is 0 Å². The van der Waals surface area contributed by atoms with Gasteiger partial charge in [0, 0.05) is 12.8 Å².